The molecule has 35 heavy (non-hydrogen) atoms. The second-order valence-electron chi connectivity index (χ2n) is 8.52. The Balaban J connectivity index is 1.82. The minimum absolute atomic E-state index is 0.0944. The van der Waals surface area contributed by atoms with Crippen molar-refractivity contribution in [1.82, 2.24) is 0 Å². The van der Waals surface area contributed by atoms with Crippen molar-refractivity contribution < 1.29 is 4.79 Å². The molecule has 0 amide bonds. The van der Waals surface area contributed by atoms with Crippen LogP contribution in [0.1, 0.15) is 21.5 Å². The molecule has 2 heterocycles. The average Bonchev–Trinajstić information content (AvgIpc) is 3.44. The number of carbonyl (C=O) groups excluding carboxylic acids is 1. The smallest absolute Gasteiger partial charge is 0.194 e. The molecule has 0 N–H and O–H groups in total. The number of thiophene rings is 1. The van der Waals surface area contributed by atoms with Crippen LogP contribution >= 0.6 is 18.2 Å². The molecule has 1 aromatic heterocycles. The average molecular weight is 487 g/mol. The van der Waals surface area contributed by atoms with Gasteiger partial charge in [-0.1, -0.05) is 121 Å². The first-order chi connectivity index (χ1) is 17.3. The van der Waals surface area contributed by atoms with Gasteiger partial charge in [0.2, 0.25) is 0 Å². The van der Waals surface area contributed by atoms with Gasteiger partial charge in [0.05, 0.1) is 0 Å². The Labute approximate surface area is 210 Å². The molecule has 1 aliphatic rings. The van der Waals surface area contributed by atoms with E-state index in [-0.39, 0.29) is 5.78 Å². The van der Waals surface area contributed by atoms with E-state index in [1.807, 2.05) is 48.5 Å². The number of allylic oxidation sites excluding steroid dienone is 1. The lowest BCUT2D eigenvalue weighted by Crippen LogP contribution is -2.35. The van der Waals surface area contributed by atoms with Gasteiger partial charge < -0.3 is 0 Å². The molecule has 6 rings (SSSR count). The predicted octanol–water partition coefficient (Wildman–Crippen LogP) is 6.54. The van der Waals surface area contributed by atoms with E-state index in [4.69, 9.17) is 0 Å². The summed E-state index contributed by atoms with van der Waals surface area (Å²) in [5.74, 6) is 0.0944. The van der Waals surface area contributed by atoms with Crippen LogP contribution in [0.25, 0.3) is 5.57 Å². The van der Waals surface area contributed by atoms with E-state index in [0.717, 1.165) is 22.0 Å². The molecule has 0 bridgehead atoms. The molecule has 1 aliphatic heterocycles. The minimum atomic E-state index is -2.43. The van der Waals surface area contributed by atoms with Crippen LogP contribution in [0.4, 0.5) is 0 Å². The fourth-order valence-electron chi connectivity index (χ4n) is 5.01. The highest BCUT2D eigenvalue weighted by atomic mass is 32.1. The Kier molecular flexibility index (Phi) is 5.70. The number of rotatable bonds is 5. The first kappa shape index (κ1) is 21.8. The Hall–Kier alpha value is -3.71. The summed E-state index contributed by atoms with van der Waals surface area (Å²) in [4.78, 5) is 14.4. The Morgan fingerprint density at radius 1 is 0.600 bits per heavy atom. The largest absolute Gasteiger partial charge is 0.289 e. The molecule has 3 heteroatoms. The van der Waals surface area contributed by atoms with Crippen molar-refractivity contribution in [2.45, 2.75) is 0 Å². The number of ketones is 1. The summed E-state index contributed by atoms with van der Waals surface area (Å²) < 4.78 is 0. The van der Waals surface area contributed by atoms with Crippen molar-refractivity contribution in [3.8, 4) is 0 Å². The second kappa shape index (κ2) is 9.15. The van der Waals surface area contributed by atoms with E-state index >= 15 is 0 Å². The summed E-state index contributed by atoms with van der Waals surface area (Å²) in [5.41, 5.74) is 4.20. The zero-order chi connectivity index (χ0) is 23.7. The number of fused-ring (bicyclic) bond motifs is 1. The third-order valence-electron chi connectivity index (χ3n) is 6.58. The van der Waals surface area contributed by atoms with Gasteiger partial charge in [-0.3, -0.25) is 4.79 Å². The summed E-state index contributed by atoms with van der Waals surface area (Å²) >= 11 is 1.72. The first-order valence-corrected chi connectivity index (χ1v) is 14.3. The molecular weight excluding hydrogens is 463 g/mol. The SMILES string of the molecule is O=C(C1=P(c2ccccc2)(c2ccccc2)c2cscc2C(c2ccccc2)=C1)c1ccccc1. The Morgan fingerprint density at radius 2 is 1.11 bits per heavy atom. The van der Waals surface area contributed by atoms with Crippen LogP contribution < -0.4 is 15.9 Å². The highest BCUT2D eigenvalue weighted by Gasteiger charge is 2.38. The number of hydrogen-bond donors (Lipinski definition) is 0. The van der Waals surface area contributed by atoms with Crippen LogP contribution in [0.5, 0.6) is 0 Å². The maximum Gasteiger partial charge on any atom is 0.194 e. The van der Waals surface area contributed by atoms with Crippen molar-refractivity contribution >= 4 is 50.8 Å². The normalized spacial score (nSPS) is 14.2. The first-order valence-electron chi connectivity index (χ1n) is 11.6. The van der Waals surface area contributed by atoms with Gasteiger partial charge in [-0.2, -0.15) is 11.3 Å². The highest BCUT2D eigenvalue weighted by molar-refractivity contribution is 7.97. The fraction of sp³-hybridized carbons (Fsp3) is 0. The van der Waals surface area contributed by atoms with Gasteiger partial charge in [0.1, 0.15) is 0 Å². The summed E-state index contributed by atoms with van der Waals surface area (Å²) in [5, 5.41) is 9.07. The Morgan fingerprint density at radius 3 is 1.69 bits per heavy atom. The van der Waals surface area contributed by atoms with E-state index in [1.165, 1.54) is 21.5 Å². The number of Topliss-reactive ketones (excluding diaryl/α,β-unsaturated/α-hetero) is 1. The molecule has 5 aromatic rings. The van der Waals surface area contributed by atoms with Gasteiger partial charge >= 0.3 is 0 Å². The summed E-state index contributed by atoms with van der Waals surface area (Å²) in [6.07, 6.45) is 2.19. The zero-order valence-corrected chi connectivity index (χ0v) is 20.8. The van der Waals surface area contributed by atoms with Gasteiger partial charge in [0.15, 0.2) is 5.78 Å². The molecule has 0 fully saturated rings. The van der Waals surface area contributed by atoms with Crippen LogP contribution in [-0.4, -0.2) is 11.1 Å². The fourth-order valence-corrected chi connectivity index (χ4v) is 10.8. The van der Waals surface area contributed by atoms with Gasteiger partial charge in [0.25, 0.3) is 0 Å². The number of hydrogen-bond acceptors (Lipinski definition) is 2. The van der Waals surface area contributed by atoms with Crippen LogP contribution in [0, 0.1) is 0 Å². The monoisotopic (exact) mass is 486 g/mol. The van der Waals surface area contributed by atoms with Crippen molar-refractivity contribution in [2.24, 2.45) is 0 Å². The molecule has 0 aliphatic carbocycles. The Bertz CT molecular complexity index is 1540. The quantitative estimate of drug-likeness (QED) is 0.204. The third kappa shape index (κ3) is 3.58. The maximum absolute atomic E-state index is 14.4. The van der Waals surface area contributed by atoms with Crippen LogP contribution in [0.3, 0.4) is 0 Å². The van der Waals surface area contributed by atoms with Gasteiger partial charge in [0, 0.05) is 21.7 Å². The van der Waals surface area contributed by atoms with E-state index in [9.17, 15) is 4.79 Å². The topological polar surface area (TPSA) is 17.1 Å². The molecular formula is C32H23OPS. The molecule has 0 atom stereocenters. The molecule has 0 saturated carbocycles. The summed E-state index contributed by atoms with van der Waals surface area (Å²) in [7, 11) is 0. The summed E-state index contributed by atoms with van der Waals surface area (Å²) in [6.45, 7) is -2.43. The molecule has 0 saturated heterocycles. The van der Waals surface area contributed by atoms with E-state index < -0.39 is 6.89 Å². The van der Waals surface area contributed by atoms with E-state index in [0.29, 0.717) is 0 Å². The number of carbonyl (C=O) groups is 1. The molecule has 4 aromatic carbocycles. The molecule has 168 valence electrons. The molecule has 0 spiro atoms. The third-order valence-corrected chi connectivity index (χ3v) is 11.8. The lowest BCUT2D eigenvalue weighted by molar-refractivity contribution is 0.106. The summed E-state index contributed by atoms with van der Waals surface area (Å²) in [6, 6.07) is 41.4. The van der Waals surface area contributed by atoms with Crippen LogP contribution in [0.2, 0.25) is 0 Å². The predicted molar refractivity (Wildman–Crippen MR) is 152 cm³/mol. The van der Waals surface area contributed by atoms with Crippen LogP contribution in [0.15, 0.2) is 138 Å². The van der Waals surface area contributed by atoms with Crippen molar-refractivity contribution in [1.29, 1.82) is 0 Å². The number of benzene rings is 4. The van der Waals surface area contributed by atoms with Gasteiger partial charge in [-0.05, 0) is 45.5 Å². The second-order valence-corrected chi connectivity index (χ2v) is 12.6. The van der Waals surface area contributed by atoms with Gasteiger partial charge in [-0.25, -0.2) is 0 Å². The van der Waals surface area contributed by atoms with E-state index in [2.05, 4.69) is 89.6 Å². The van der Waals surface area contributed by atoms with Crippen LogP contribution in [-0.2, 0) is 0 Å². The van der Waals surface area contributed by atoms with Gasteiger partial charge in [-0.15, -0.1) is 0 Å². The van der Waals surface area contributed by atoms with Crippen molar-refractivity contribution in [3.05, 3.63) is 155 Å². The van der Waals surface area contributed by atoms with Crippen molar-refractivity contribution in [2.75, 3.05) is 0 Å². The molecule has 1 nitrogen and oxygen atoms in total. The van der Waals surface area contributed by atoms with Crippen molar-refractivity contribution in [3.63, 3.8) is 0 Å². The lowest BCUT2D eigenvalue weighted by atomic mass is 9.97. The highest BCUT2D eigenvalue weighted by Crippen LogP contribution is 2.52. The minimum Gasteiger partial charge on any atom is -0.289 e. The molecule has 0 radical (unpaired) electrons. The zero-order valence-electron chi connectivity index (χ0n) is 19.0. The van der Waals surface area contributed by atoms with E-state index in [1.54, 1.807) is 11.3 Å². The standard InChI is InChI=1S/C32H23OPS/c33-32(25-15-7-2-8-16-25)30-21-28(24-13-5-1-6-14-24)29-22-35-23-31(29)34(30,26-17-9-3-10-18-26)27-19-11-4-12-20-27/h1-23H. The lowest BCUT2D eigenvalue weighted by Gasteiger charge is -2.35. The molecule has 0 unspecified atom stereocenters. The maximum atomic E-state index is 14.4.